The van der Waals surface area contributed by atoms with Crippen LogP contribution in [0.2, 0.25) is 0 Å². The van der Waals surface area contributed by atoms with Crippen molar-refractivity contribution < 1.29 is 31.4 Å². The number of benzene rings is 2. The largest absolute Gasteiger partial charge is 0.497 e. The van der Waals surface area contributed by atoms with Crippen molar-refractivity contribution in [1.82, 2.24) is 15.0 Å². The molecule has 0 saturated heterocycles. The lowest BCUT2D eigenvalue weighted by Crippen LogP contribution is -2.32. The first kappa shape index (κ1) is 29.0. The molecule has 1 saturated carbocycles. The van der Waals surface area contributed by atoms with Crippen LogP contribution in [0.3, 0.4) is 0 Å². The molecule has 2 N–H and O–H groups in total. The van der Waals surface area contributed by atoms with Gasteiger partial charge in [-0.15, -0.1) is 0 Å². The Bertz CT molecular complexity index is 1680. The molecule has 2 atom stereocenters. The quantitative estimate of drug-likeness (QED) is 0.272. The molecule has 2 aromatic heterocycles. The summed E-state index contributed by atoms with van der Waals surface area (Å²) >= 11 is 0. The molecule has 0 radical (unpaired) electrons. The molecule has 0 amide bonds. The summed E-state index contributed by atoms with van der Waals surface area (Å²) in [5, 5.41) is 0. The van der Waals surface area contributed by atoms with E-state index >= 15 is 8.78 Å². The van der Waals surface area contributed by atoms with Gasteiger partial charge in [-0.2, -0.15) is 0 Å². The van der Waals surface area contributed by atoms with Crippen molar-refractivity contribution in [1.29, 1.82) is 0 Å². The Hall–Kier alpha value is -4.52. The predicted octanol–water partition coefficient (Wildman–Crippen LogP) is 4.86. The summed E-state index contributed by atoms with van der Waals surface area (Å²) in [6, 6.07) is 11.1. The highest BCUT2D eigenvalue weighted by atomic mass is 32.2. The molecule has 10 nitrogen and oxygen atoms in total. The van der Waals surface area contributed by atoms with Gasteiger partial charge < -0.3 is 19.9 Å². The van der Waals surface area contributed by atoms with Crippen LogP contribution in [0, 0.1) is 11.6 Å². The molecular weight excluding hydrogens is 568 g/mol. The Labute approximate surface area is 242 Å². The fourth-order valence-electron chi connectivity index (χ4n) is 5.08. The average Bonchev–Trinajstić information content (AvgIpc) is 3.46. The van der Waals surface area contributed by atoms with Crippen LogP contribution in [0.5, 0.6) is 17.2 Å². The highest BCUT2D eigenvalue weighted by Crippen LogP contribution is 2.39. The number of rotatable bonds is 10. The van der Waals surface area contributed by atoms with E-state index in [0.29, 0.717) is 35.4 Å². The van der Waals surface area contributed by atoms with Crippen molar-refractivity contribution in [3.8, 4) is 17.2 Å². The minimum atomic E-state index is -4.68. The molecule has 13 heteroatoms. The van der Waals surface area contributed by atoms with Crippen LogP contribution < -0.4 is 24.2 Å². The van der Waals surface area contributed by atoms with Crippen LogP contribution in [0.4, 0.5) is 20.4 Å². The molecule has 220 valence electrons. The smallest absolute Gasteiger partial charge is 0.268 e. The van der Waals surface area contributed by atoms with Gasteiger partial charge in [-0.3, -0.25) is 0 Å². The molecule has 1 fully saturated rings. The Morgan fingerprint density at radius 3 is 2.50 bits per heavy atom. The molecule has 1 aliphatic rings. The first-order valence-electron chi connectivity index (χ1n) is 13.1. The van der Waals surface area contributed by atoms with Crippen molar-refractivity contribution in [3.05, 3.63) is 90.0 Å². The number of nitrogens with two attached hydrogens (primary N) is 1. The Kier molecular flexibility index (Phi) is 8.39. The van der Waals surface area contributed by atoms with E-state index in [9.17, 15) is 8.42 Å². The summed E-state index contributed by atoms with van der Waals surface area (Å²) in [5.41, 5.74) is 7.15. The fourth-order valence-corrected chi connectivity index (χ4v) is 6.54. The van der Waals surface area contributed by atoms with E-state index in [1.54, 1.807) is 30.5 Å². The lowest BCUT2D eigenvalue weighted by Gasteiger charge is -2.25. The zero-order chi connectivity index (χ0) is 29.9. The third-order valence-corrected chi connectivity index (χ3v) is 8.91. The van der Waals surface area contributed by atoms with Crippen molar-refractivity contribution in [2.75, 3.05) is 24.3 Å². The number of pyridine rings is 1. The Morgan fingerprint density at radius 2 is 1.79 bits per heavy atom. The zero-order valence-corrected chi connectivity index (χ0v) is 23.7. The van der Waals surface area contributed by atoms with E-state index in [1.807, 2.05) is 6.07 Å². The number of hydrogen-bond acceptors (Lipinski definition) is 9. The normalized spacial score (nSPS) is 16.7. The highest BCUT2D eigenvalue weighted by Gasteiger charge is 2.34. The van der Waals surface area contributed by atoms with Crippen molar-refractivity contribution in [2.24, 2.45) is 0 Å². The van der Waals surface area contributed by atoms with Crippen LogP contribution >= 0.6 is 0 Å². The third-order valence-electron chi connectivity index (χ3n) is 7.15. The molecule has 0 bridgehead atoms. The SMILES string of the molecule is COc1ccc(CN(c2ccncn2)S(=O)(=O)c2cc(F)c(O[C@H]3CCC[C@@H]3c3ccnc(N)c3)cc2F)c(OC)c1. The molecule has 0 spiro atoms. The monoisotopic (exact) mass is 597 g/mol. The van der Waals surface area contributed by atoms with Crippen molar-refractivity contribution >= 4 is 21.7 Å². The number of aromatic nitrogens is 3. The molecule has 5 rings (SSSR count). The van der Waals surface area contributed by atoms with Gasteiger partial charge in [0.05, 0.1) is 20.8 Å². The minimum Gasteiger partial charge on any atom is -0.497 e. The van der Waals surface area contributed by atoms with E-state index in [0.717, 1.165) is 35.1 Å². The van der Waals surface area contributed by atoms with Crippen LogP contribution in [0.15, 0.2) is 72.1 Å². The molecule has 42 heavy (non-hydrogen) atoms. The van der Waals surface area contributed by atoms with Gasteiger partial charge in [0.25, 0.3) is 10.0 Å². The zero-order valence-electron chi connectivity index (χ0n) is 22.9. The van der Waals surface area contributed by atoms with Gasteiger partial charge in [0.15, 0.2) is 11.6 Å². The number of nitrogens with zero attached hydrogens (tertiary/aromatic N) is 4. The van der Waals surface area contributed by atoms with E-state index in [-0.39, 0.29) is 24.0 Å². The molecule has 2 heterocycles. The molecule has 0 aliphatic heterocycles. The maximum Gasteiger partial charge on any atom is 0.268 e. The summed E-state index contributed by atoms with van der Waals surface area (Å²) in [5.74, 6) is -1.54. The summed E-state index contributed by atoms with van der Waals surface area (Å²) < 4.78 is 76.2. The van der Waals surface area contributed by atoms with Gasteiger partial charge >= 0.3 is 0 Å². The van der Waals surface area contributed by atoms with Gasteiger partial charge in [0.1, 0.15) is 46.3 Å². The second-order valence-corrected chi connectivity index (χ2v) is 11.5. The summed E-state index contributed by atoms with van der Waals surface area (Å²) in [4.78, 5) is 11.0. The minimum absolute atomic E-state index is 0.0478. The topological polar surface area (TPSA) is 130 Å². The summed E-state index contributed by atoms with van der Waals surface area (Å²) in [6.07, 6.45) is 5.83. The molecular formula is C29H29F2N5O5S. The van der Waals surface area contributed by atoms with E-state index in [2.05, 4.69) is 15.0 Å². The lowest BCUT2D eigenvalue weighted by atomic mass is 9.96. The Balaban J connectivity index is 1.48. The van der Waals surface area contributed by atoms with Gasteiger partial charge in [-0.1, -0.05) is 0 Å². The Morgan fingerprint density at radius 1 is 0.952 bits per heavy atom. The number of anilines is 2. The number of ether oxygens (including phenoxy) is 3. The predicted molar refractivity (Wildman–Crippen MR) is 151 cm³/mol. The summed E-state index contributed by atoms with van der Waals surface area (Å²) in [6.45, 7) is -0.301. The van der Waals surface area contributed by atoms with Crippen molar-refractivity contribution in [2.45, 2.75) is 42.7 Å². The number of hydrogen-bond donors (Lipinski definition) is 1. The lowest BCUT2D eigenvalue weighted by molar-refractivity contribution is 0.181. The average molecular weight is 598 g/mol. The van der Waals surface area contributed by atoms with Gasteiger partial charge in [0.2, 0.25) is 0 Å². The van der Waals surface area contributed by atoms with Crippen LogP contribution in [0.25, 0.3) is 0 Å². The van der Waals surface area contributed by atoms with Gasteiger partial charge in [-0.25, -0.2) is 36.5 Å². The second-order valence-electron chi connectivity index (χ2n) is 9.68. The molecule has 4 aromatic rings. The van der Waals surface area contributed by atoms with Crippen LogP contribution in [-0.2, 0) is 16.6 Å². The molecule has 0 unspecified atom stereocenters. The van der Waals surface area contributed by atoms with Gasteiger partial charge in [-0.05, 0) is 49.1 Å². The number of sulfonamides is 1. The van der Waals surface area contributed by atoms with E-state index in [4.69, 9.17) is 19.9 Å². The molecule has 2 aromatic carbocycles. The van der Waals surface area contributed by atoms with E-state index in [1.165, 1.54) is 26.5 Å². The second kappa shape index (κ2) is 12.1. The number of halogens is 2. The number of nitrogen functional groups attached to an aromatic ring is 1. The van der Waals surface area contributed by atoms with E-state index < -0.39 is 32.7 Å². The van der Waals surface area contributed by atoms with Crippen LogP contribution in [0.1, 0.15) is 36.3 Å². The van der Waals surface area contributed by atoms with Crippen molar-refractivity contribution in [3.63, 3.8) is 0 Å². The maximum absolute atomic E-state index is 15.6. The number of methoxy groups -OCH3 is 2. The first-order chi connectivity index (χ1) is 20.2. The fraction of sp³-hybridized carbons (Fsp3) is 0.276. The van der Waals surface area contributed by atoms with Gasteiger partial charge in [0, 0.05) is 48.1 Å². The summed E-state index contributed by atoms with van der Waals surface area (Å²) in [7, 11) is -1.77. The van der Waals surface area contributed by atoms with Crippen LogP contribution in [-0.4, -0.2) is 43.7 Å². The standard InChI is InChI=1S/C29H29F2N5O5S/c1-39-20-7-6-19(25(13-20)40-2)16-36(29-9-10-33-17-35-29)42(37,38)27-15-22(30)26(14-23(27)31)41-24-5-3-4-21(24)18-8-11-34-28(32)12-18/h6-15,17,21,24H,3-5,16H2,1-2H3,(H2,32,34)/t21-,24+/m1/s1. The third kappa shape index (κ3) is 5.91. The maximum atomic E-state index is 15.6. The highest BCUT2D eigenvalue weighted by molar-refractivity contribution is 7.92. The first-order valence-corrected chi connectivity index (χ1v) is 14.5. The molecule has 1 aliphatic carbocycles.